The monoisotopic (exact) mass is 254 g/mol. The van der Waals surface area contributed by atoms with Crippen LogP contribution in [0.4, 0.5) is 0 Å². The first-order valence-corrected chi connectivity index (χ1v) is 6.10. The Kier molecular flexibility index (Phi) is 2.88. The quantitative estimate of drug-likeness (QED) is 0.832. The van der Waals surface area contributed by atoms with Gasteiger partial charge < -0.3 is 14.6 Å². The van der Waals surface area contributed by atoms with Crippen molar-refractivity contribution in [3.05, 3.63) is 53.1 Å². The van der Waals surface area contributed by atoms with Gasteiger partial charge in [-0.2, -0.15) is 0 Å². The molecule has 2 aromatic carbocycles. The molecule has 3 heteroatoms. The van der Waals surface area contributed by atoms with Crippen LogP contribution in [0.1, 0.15) is 16.7 Å². The SMILES string of the molecule is Cc1cc2c(cc1/C=C/c1ccccc1O)OCO2. The number of aryl methyl sites for hydroxylation is 1. The fourth-order valence-corrected chi connectivity index (χ4v) is 2.05. The van der Waals surface area contributed by atoms with Gasteiger partial charge in [-0.1, -0.05) is 30.4 Å². The van der Waals surface area contributed by atoms with Gasteiger partial charge in [-0.05, 0) is 36.2 Å². The average molecular weight is 254 g/mol. The molecule has 0 saturated heterocycles. The van der Waals surface area contributed by atoms with Crippen molar-refractivity contribution >= 4 is 12.2 Å². The van der Waals surface area contributed by atoms with E-state index >= 15 is 0 Å². The third-order valence-electron chi connectivity index (χ3n) is 3.14. The first kappa shape index (κ1) is 11.7. The topological polar surface area (TPSA) is 38.7 Å². The summed E-state index contributed by atoms with van der Waals surface area (Å²) in [5.74, 6) is 1.83. The lowest BCUT2D eigenvalue weighted by Gasteiger charge is -2.03. The van der Waals surface area contributed by atoms with Gasteiger partial charge in [-0.15, -0.1) is 0 Å². The number of para-hydroxylation sites is 1. The first-order chi connectivity index (χ1) is 9.24. The fraction of sp³-hybridized carbons (Fsp3) is 0.125. The summed E-state index contributed by atoms with van der Waals surface area (Å²) in [4.78, 5) is 0. The van der Waals surface area contributed by atoms with Gasteiger partial charge in [0.2, 0.25) is 6.79 Å². The number of aromatic hydroxyl groups is 1. The molecule has 1 heterocycles. The summed E-state index contributed by atoms with van der Waals surface area (Å²) >= 11 is 0. The minimum Gasteiger partial charge on any atom is -0.507 e. The van der Waals surface area contributed by atoms with Gasteiger partial charge in [0.15, 0.2) is 11.5 Å². The van der Waals surface area contributed by atoms with Gasteiger partial charge in [-0.25, -0.2) is 0 Å². The molecule has 0 radical (unpaired) electrons. The highest BCUT2D eigenvalue weighted by atomic mass is 16.7. The number of phenolic OH excluding ortho intramolecular Hbond substituents is 1. The Morgan fingerprint density at radius 1 is 1.00 bits per heavy atom. The molecular formula is C16H14O3. The minimum atomic E-state index is 0.275. The van der Waals surface area contributed by atoms with E-state index in [1.807, 2.05) is 43.3 Å². The Bertz CT molecular complexity index is 644. The van der Waals surface area contributed by atoms with E-state index < -0.39 is 0 Å². The molecule has 0 atom stereocenters. The van der Waals surface area contributed by atoms with Crippen molar-refractivity contribution in [3.8, 4) is 17.2 Å². The van der Waals surface area contributed by atoms with Gasteiger partial charge in [0.05, 0.1) is 0 Å². The van der Waals surface area contributed by atoms with Crippen molar-refractivity contribution in [2.45, 2.75) is 6.92 Å². The smallest absolute Gasteiger partial charge is 0.231 e. The Morgan fingerprint density at radius 2 is 1.68 bits per heavy atom. The van der Waals surface area contributed by atoms with Gasteiger partial charge in [0, 0.05) is 5.56 Å². The number of fused-ring (bicyclic) bond motifs is 1. The maximum Gasteiger partial charge on any atom is 0.231 e. The number of ether oxygens (including phenoxy) is 2. The molecule has 0 fully saturated rings. The van der Waals surface area contributed by atoms with Crippen LogP contribution in [0.5, 0.6) is 17.2 Å². The second kappa shape index (κ2) is 4.69. The van der Waals surface area contributed by atoms with Gasteiger partial charge in [0.25, 0.3) is 0 Å². The third kappa shape index (κ3) is 2.27. The maximum atomic E-state index is 9.72. The molecule has 3 nitrogen and oxygen atoms in total. The van der Waals surface area contributed by atoms with Crippen molar-refractivity contribution in [3.63, 3.8) is 0 Å². The molecule has 0 aromatic heterocycles. The lowest BCUT2D eigenvalue weighted by atomic mass is 10.1. The molecule has 96 valence electrons. The summed E-state index contributed by atoms with van der Waals surface area (Å²) in [5.41, 5.74) is 2.95. The third-order valence-corrected chi connectivity index (χ3v) is 3.14. The van der Waals surface area contributed by atoms with Crippen molar-refractivity contribution in [2.75, 3.05) is 6.79 Å². The summed E-state index contributed by atoms with van der Waals surface area (Å²) in [5, 5.41) is 9.72. The van der Waals surface area contributed by atoms with Crippen LogP contribution in [-0.2, 0) is 0 Å². The van der Waals surface area contributed by atoms with Crippen LogP contribution in [0.25, 0.3) is 12.2 Å². The van der Waals surface area contributed by atoms with E-state index in [2.05, 4.69) is 0 Å². The zero-order valence-corrected chi connectivity index (χ0v) is 10.6. The largest absolute Gasteiger partial charge is 0.507 e. The number of phenols is 1. The molecule has 2 aromatic rings. The van der Waals surface area contributed by atoms with Crippen LogP contribution in [0.15, 0.2) is 36.4 Å². The van der Waals surface area contributed by atoms with E-state index in [9.17, 15) is 5.11 Å². The molecule has 1 N–H and O–H groups in total. The highest BCUT2D eigenvalue weighted by molar-refractivity contribution is 5.74. The van der Waals surface area contributed by atoms with E-state index in [4.69, 9.17) is 9.47 Å². The van der Waals surface area contributed by atoms with Gasteiger partial charge in [0.1, 0.15) is 5.75 Å². The Labute approximate surface area is 111 Å². The van der Waals surface area contributed by atoms with Crippen molar-refractivity contribution in [2.24, 2.45) is 0 Å². The molecule has 0 saturated carbocycles. The highest BCUT2D eigenvalue weighted by Gasteiger charge is 2.14. The van der Waals surface area contributed by atoms with E-state index in [0.29, 0.717) is 0 Å². The van der Waals surface area contributed by atoms with Crippen LogP contribution in [0, 0.1) is 6.92 Å². The average Bonchev–Trinajstić information content (AvgIpc) is 2.84. The van der Waals surface area contributed by atoms with Gasteiger partial charge >= 0.3 is 0 Å². The summed E-state index contributed by atoms with van der Waals surface area (Å²) in [6, 6.07) is 11.2. The summed E-state index contributed by atoms with van der Waals surface area (Å²) < 4.78 is 10.7. The zero-order chi connectivity index (χ0) is 13.2. The van der Waals surface area contributed by atoms with Crippen LogP contribution < -0.4 is 9.47 Å². The molecule has 0 amide bonds. The predicted molar refractivity (Wildman–Crippen MR) is 74.3 cm³/mol. The molecule has 1 aliphatic rings. The van der Waals surface area contributed by atoms with Crippen molar-refractivity contribution in [1.29, 1.82) is 0 Å². The molecule has 0 bridgehead atoms. The number of benzene rings is 2. The van der Waals surface area contributed by atoms with E-state index in [0.717, 1.165) is 28.2 Å². The van der Waals surface area contributed by atoms with Crippen molar-refractivity contribution in [1.82, 2.24) is 0 Å². The van der Waals surface area contributed by atoms with E-state index in [-0.39, 0.29) is 12.5 Å². The second-order valence-corrected chi connectivity index (χ2v) is 4.45. The number of hydrogen-bond donors (Lipinski definition) is 1. The summed E-state index contributed by atoms with van der Waals surface area (Å²) in [7, 11) is 0. The summed E-state index contributed by atoms with van der Waals surface area (Å²) in [6.07, 6.45) is 3.85. The number of rotatable bonds is 2. The Morgan fingerprint density at radius 3 is 2.47 bits per heavy atom. The van der Waals surface area contributed by atoms with E-state index in [1.54, 1.807) is 12.1 Å². The minimum absolute atomic E-state index is 0.275. The van der Waals surface area contributed by atoms with E-state index in [1.165, 1.54) is 0 Å². The molecule has 0 aliphatic carbocycles. The summed E-state index contributed by atoms with van der Waals surface area (Å²) in [6.45, 7) is 2.30. The van der Waals surface area contributed by atoms with Gasteiger partial charge in [-0.3, -0.25) is 0 Å². The van der Waals surface area contributed by atoms with Crippen LogP contribution >= 0.6 is 0 Å². The first-order valence-electron chi connectivity index (χ1n) is 6.10. The molecule has 0 spiro atoms. The molecular weight excluding hydrogens is 240 g/mol. The van der Waals surface area contributed by atoms with Crippen LogP contribution in [0.2, 0.25) is 0 Å². The van der Waals surface area contributed by atoms with Crippen LogP contribution in [0.3, 0.4) is 0 Å². The number of hydrogen-bond acceptors (Lipinski definition) is 3. The Hall–Kier alpha value is -2.42. The molecule has 0 unspecified atom stereocenters. The lowest BCUT2D eigenvalue weighted by Crippen LogP contribution is -1.92. The lowest BCUT2D eigenvalue weighted by molar-refractivity contribution is 0.174. The predicted octanol–water partition coefficient (Wildman–Crippen LogP) is 3.60. The van der Waals surface area contributed by atoms with Crippen LogP contribution in [-0.4, -0.2) is 11.9 Å². The standard InChI is InChI=1S/C16H14O3/c1-11-8-15-16(19-10-18-15)9-13(11)7-6-12-4-2-3-5-14(12)17/h2-9,17H,10H2,1H3/b7-6+. The molecule has 19 heavy (non-hydrogen) atoms. The maximum absolute atomic E-state index is 9.72. The second-order valence-electron chi connectivity index (χ2n) is 4.45. The normalized spacial score (nSPS) is 13.1. The zero-order valence-electron chi connectivity index (χ0n) is 10.6. The Balaban J connectivity index is 1.94. The molecule has 3 rings (SSSR count). The fourth-order valence-electron chi connectivity index (χ4n) is 2.05. The highest BCUT2D eigenvalue weighted by Crippen LogP contribution is 2.35. The van der Waals surface area contributed by atoms with Crippen molar-refractivity contribution < 1.29 is 14.6 Å². The molecule has 1 aliphatic heterocycles.